The van der Waals surface area contributed by atoms with Crippen LogP contribution in [0.2, 0.25) is 0 Å². The first-order valence-corrected chi connectivity index (χ1v) is 30.8. The van der Waals surface area contributed by atoms with E-state index in [1.54, 1.807) is 36.4 Å². The Morgan fingerprint density at radius 1 is 0.197 bits per heavy atom. The Kier molecular flexibility index (Phi) is 16.3. The summed E-state index contributed by atoms with van der Waals surface area (Å²) in [6.07, 6.45) is 0. The number of hydrogen-bond acceptors (Lipinski definition) is 18. The molecule has 0 amide bonds. The molecule has 6 N–H and O–H groups in total. The Hall–Kier alpha value is -5.22. The summed E-state index contributed by atoms with van der Waals surface area (Å²) >= 11 is 0. The van der Waals surface area contributed by atoms with Crippen LogP contribution < -0.4 is 0 Å². The molecule has 6 aromatic carbocycles. The summed E-state index contributed by atoms with van der Waals surface area (Å²) < 4.78 is 6.64. The first-order chi connectivity index (χ1) is 31.5. The Bertz CT molecular complexity index is 2830. The highest BCUT2D eigenvalue weighted by Gasteiger charge is 2.09. The number of aromatic carboxylic acids is 6. The number of benzene rings is 6. The Morgan fingerprint density at radius 2 is 0.288 bits per heavy atom. The van der Waals surface area contributed by atoms with Gasteiger partial charge in [-0.05, 0) is 109 Å². The van der Waals surface area contributed by atoms with Crippen molar-refractivity contribution in [3.63, 3.8) is 0 Å². The van der Waals surface area contributed by atoms with E-state index in [1.807, 2.05) is 0 Å². The van der Waals surface area contributed by atoms with E-state index in [0.29, 0.717) is 56.4 Å². The molecule has 7 rings (SSSR count). The summed E-state index contributed by atoms with van der Waals surface area (Å²) in [5.41, 5.74) is 0.0318. The maximum absolute atomic E-state index is 12.2. The van der Waals surface area contributed by atoms with Crippen LogP contribution in [0, 0.1) is 0 Å². The van der Waals surface area contributed by atoms with Crippen molar-refractivity contribution in [1.82, 2.24) is 0 Å². The summed E-state index contributed by atoms with van der Waals surface area (Å²) in [5, 5.41) is 59.9. The third kappa shape index (κ3) is 13.5. The van der Waals surface area contributed by atoms with Gasteiger partial charge in [0.2, 0.25) is 0 Å². The molecule has 0 saturated carbocycles. The van der Waals surface area contributed by atoms with Crippen molar-refractivity contribution in [3.8, 4) is 0 Å². The van der Waals surface area contributed by atoms with Crippen LogP contribution in [-0.4, -0.2) is 66.5 Å². The van der Waals surface area contributed by atoms with E-state index in [-0.39, 0.29) is 33.4 Å². The molecule has 0 unspecified atom stereocenters. The largest absolute Gasteiger partial charge is 0.478 e. The molecule has 1 aromatic heterocycles. The quantitative estimate of drug-likeness (QED) is 0.0856. The van der Waals surface area contributed by atoms with Gasteiger partial charge in [-0.25, -0.2) is 28.8 Å². The zero-order valence-electron chi connectivity index (χ0n) is 32.4. The molecule has 0 aliphatic rings. The van der Waals surface area contributed by atoms with Crippen molar-refractivity contribution >= 4 is 216 Å². The fraction of sp³-hybridized carbons (Fsp3) is 0. The van der Waals surface area contributed by atoms with Gasteiger partial charge in [-0.15, -0.1) is 0 Å². The van der Waals surface area contributed by atoms with Crippen molar-refractivity contribution in [2.45, 2.75) is 0 Å². The van der Waals surface area contributed by atoms with Gasteiger partial charge < -0.3 is 30.6 Å². The van der Waals surface area contributed by atoms with Crippen LogP contribution >= 0.6 is 124 Å². The van der Waals surface area contributed by atoms with Crippen LogP contribution in [0.3, 0.4) is 0 Å². The maximum atomic E-state index is 12.2. The predicted octanol–water partition coefficient (Wildman–Crippen LogP) is 16.0. The smallest absolute Gasteiger partial charge is 0.335 e. The Morgan fingerprint density at radius 3 is 0.364 bits per heavy atom. The van der Waals surface area contributed by atoms with Gasteiger partial charge in [0.05, 0.1) is 33.4 Å². The molecule has 0 atom stereocenters. The van der Waals surface area contributed by atoms with Gasteiger partial charge >= 0.3 is 35.8 Å². The van der Waals surface area contributed by atoms with Crippen molar-refractivity contribution in [3.05, 3.63) is 143 Å². The van der Waals surface area contributed by atoms with Crippen LogP contribution in [-0.2, 0) is 0 Å². The summed E-state index contributed by atoms with van der Waals surface area (Å²) in [6.45, 7) is 0. The van der Waals surface area contributed by atoms with Crippen LogP contribution in [0.15, 0.2) is 109 Å². The minimum atomic E-state index is -1.17. The minimum Gasteiger partial charge on any atom is -0.478 e. The first kappa shape index (κ1) is 48.7. The van der Waals surface area contributed by atoms with Gasteiger partial charge in [0.15, 0.2) is 0 Å². The number of rotatable bonds is 6. The predicted molar refractivity (Wildman–Crippen MR) is 280 cm³/mol. The van der Waals surface area contributed by atoms with E-state index in [4.69, 9.17) is 0 Å². The highest BCUT2D eigenvalue weighted by atomic mass is 32.9. The lowest BCUT2D eigenvalue weighted by molar-refractivity contribution is 0.0686. The molecule has 0 radical (unpaired) electrons. The van der Waals surface area contributed by atoms with Crippen molar-refractivity contribution in [2.24, 2.45) is 0 Å². The topological polar surface area (TPSA) is 224 Å². The molecule has 0 aliphatic heterocycles. The fourth-order valence-corrected chi connectivity index (χ4v) is 18.1. The summed E-state index contributed by atoms with van der Waals surface area (Å²) in [4.78, 5) is 73.3. The Labute approximate surface area is 414 Å². The standard InChI is InChI=1S/C42H24O12S12/c43-37(44)19-1-25-13-26(2-19)57-58-29-5-21(39(47)48)6-30(15-29)61-62-33-9-23(41(51)52)10-34(17-33)65-66-36-12-24(42(53)54)11-35(18-36)64-63-32-8-22(40(49)50)7-31(16-32)60-59-28-4-20(38(45)46)3-27(14-28)56-55-25/h1-18H,(H,43,44)(H,45,46)(H,47,48)(H,49,50)(H,51,52)(H,53,54). The summed E-state index contributed by atoms with van der Waals surface area (Å²) in [5.74, 6) is -7.01. The molecule has 1 heterocycles. The monoisotopic (exact) mass is 1100 g/mol. The SMILES string of the molecule is O=C(O)c1cc2cc(c1)ssc1cc(C(=O)O)cc(c1)ssc1cc(C(=O)O)cc(c1)ssc1cc(C(=O)O)cc(c1)ssc1cc(C(=O)O)cc(c1)ssc1cc(C(=O)O)cc(c1)ss2. The molecule has 24 heteroatoms. The molecular weight excluding hydrogens is 1080 g/mol. The van der Waals surface area contributed by atoms with Crippen LogP contribution in [0.25, 0.3) is 56.4 Å². The van der Waals surface area contributed by atoms with E-state index in [2.05, 4.69) is 0 Å². The number of hydrogen-bond donors (Lipinski definition) is 6. The normalized spacial score (nSPS) is 10.5. The maximum Gasteiger partial charge on any atom is 0.335 e. The second-order valence-corrected chi connectivity index (χ2v) is 26.6. The molecule has 0 fully saturated rings. The average Bonchev–Trinajstić information content (AvgIpc) is 3.29. The third-order valence-electron chi connectivity index (χ3n) is 8.17. The minimum absolute atomic E-state index is 0.00531. The molecule has 66 heavy (non-hydrogen) atoms. The molecule has 0 spiro atoms. The number of fused-ring (bicyclic) bond motifs is 12. The van der Waals surface area contributed by atoms with Crippen LogP contribution in [0.4, 0.5) is 0 Å². The van der Waals surface area contributed by atoms with Gasteiger partial charge in [-0.2, -0.15) is 0 Å². The lowest BCUT2D eigenvalue weighted by Gasteiger charge is -1.98. The lowest BCUT2D eigenvalue weighted by Crippen LogP contribution is -1.94. The van der Waals surface area contributed by atoms with E-state index in [9.17, 15) is 59.4 Å². The first-order valence-electron chi connectivity index (χ1n) is 17.9. The van der Waals surface area contributed by atoms with Gasteiger partial charge in [0.25, 0.3) is 0 Å². The van der Waals surface area contributed by atoms with Gasteiger partial charge in [-0.1, -0.05) is 124 Å². The van der Waals surface area contributed by atoms with Gasteiger partial charge in [0, 0.05) is 56.4 Å². The summed E-state index contributed by atoms with van der Waals surface area (Å²) in [7, 11) is 14.6. The second kappa shape index (κ2) is 22.1. The van der Waals surface area contributed by atoms with E-state index >= 15 is 0 Å². The number of carboxylic acid groups (broad SMARTS) is 6. The molecule has 0 aliphatic carbocycles. The molecule has 12 nitrogen and oxygen atoms in total. The highest BCUT2D eigenvalue weighted by Crippen LogP contribution is 2.31. The number of carboxylic acids is 6. The summed E-state index contributed by atoms with van der Waals surface area (Å²) in [6, 6.07) is 28.6. The van der Waals surface area contributed by atoms with Gasteiger partial charge in [0.1, 0.15) is 0 Å². The second-order valence-electron chi connectivity index (χ2n) is 13.0. The molecule has 12 bridgehead atoms. The van der Waals surface area contributed by atoms with E-state index in [1.165, 1.54) is 197 Å². The molecule has 7 aromatic rings. The molecule has 336 valence electrons. The van der Waals surface area contributed by atoms with Gasteiger partial charge in [-0.3, -0.25) is 0 Å². The zero-order valence-corrected chi connectivity index (χ0v) is 42.2. The fourth-order valence-electron chi connectivity index (χ4n) is 5.33. The molecular formula is C42H24O12S12. The highest BCUT2D eigenvalue weighted by molar-refractivity contribution is 7.76. The van der Waals surface area contributed by atoms with Crippen molar-refractivity contribution < 1.29 is 59.4 Å². The zero-order chi connectivity index (χ0) is 47.1. The molecule has 0 saturated heterocycles. The van der Waals surface area contributed by atoms with Crippen LogP contribution in [0.5, 0.6) is 0 Å². The Balaban J connectivity index is 1.57. The van der Waals surface area contributed by atoms with Crippen molar-refractivity contribution in [2.75, 3.05) is 0 Å². The van der Waals surface area contributed by atoms with Crippen LogP contribution in [0.1, 0.15) is 62.1 Å². The number of carbonyl (C=O) groups is 6. The third-order valence-corrected chi connectivity index (χ3v) is 22.2. The van der Waals surface area contributed by atoms with Crippen molar-refractivity contribution in [1.29, 1.82) is 0 Å². The lowest BCUT2D eigenvalue weighted by atomic mass is 10.2. The van der Waals surface area contributed by atoms with E-state index < -0.39 is 35.8 Å². The van der Waals surface area contributed by atoms with E-state index in [0.717, 1.165) is 0 Å². The average molecular weight is 1110 g/mol.